The van der Waals surface area contributed by atoms with Crippen molar-refractivity contribution in [2.24, 2.45) is 0 Å². The van der Waals surface area contributed by atoms with E-state index in [1.807, 2.05) is 24.3 Å². The van der Waals surface area contributed by atoms with Crippen LogP contribution in [0.4, 0.5) is 5.69 Å². The van der Waals surface area contributed by atoms with Crippen LogP contribution in [0.25, 0.3) is 0 Å². The number of nitrogens with zero attached hydrogens (tertiary/aromatic N) is 2. The largest absolute Gasteiger partial charge is 0.337 e. The lowest BCUT2D eigenvalue weighted by molar-refractivity contribution is 0.0718. The Bertz CT molecular complexity index is 757. The van der Waals surface area contributed by atoms with Gasteiger partial charge in [-0.25, -0.2) is 0 Å². The molecule has 3 rings (SSSR count). The molecule has 0 unspecified atom stereocenters. The first kappa shape index (κ1) is 16.6. The number of para-hydroxylation sites is 1. The van der Waals surface area contributed by atoms with Crippen LogP contribution in [-0.2, 0) is 0 Å². The fraction of sp³-hybridized carbons (Fsp3) is 0.278. The Hall–Kier alpha value is -2.21. The number of piperidine rings is 1. The lowest BCUT2D eigenvalue weighted by Crippen LogP contribution is -2.36. The van der Waals surface area contributed by atoms with Crippen LogP contribution in [0.5, 0.6) is 0 Å². The summed E-state index contributed by atoms with van der Waals surface area (Å²) in [4.78, 5) is 30.9. The molecule has 1 aliphatic heterocycles. The van der Waals surface area contributed by atoms with Crippen LogP contribution in [0.15, 0.2) is 47.1 Å². The van der Waals surface area contributed by atoms with Crippen molar-refractivity contribution in [2.75, 3.05) is 18.4 Å². The fourth-order valence-electron chi connectivity index (χ4n) is 2.70. The summed E-state index contributed by atoms with van der Waals surface area (Å²) in [7, 11) is 0. The van der Waals surface area contributed by atoms with Gasteiger partial charge >= 0.3 is 0 Å². The van der Waals surface area contributed by atoms with Gasteiger partial charge in [0.05, 0.1) is 5.69 Å². The van der Waals surface area contributed by atoms with Gasteiger partial charge in [0.15, 0.2) is 0 Å². The summed E-state index contributed by atoms with van der Waals surface area (Å²) in [6, 6.07) is 10.6. The number of anilines is 1. The molecule has 124 valence electrons. The number of likely N-dealkylation sites (tertiary alicyclic amines) is 1. The smallest absolute Gasteiger partial charge is 0.272 e. The second-order valence-corrected chi connectivity index (χ2v) is 6.57. The summed E-state index contributed by atoms with van der Waals surface area (Å²) in [5.41, 5.74) is 1.42. The highest BCUT2D eigenvalue weighted by atomic mass is 79.9. The second-order valence-electron chi connectivity index (χ2n) is 5.72. The van der Waals surface area contributed by atoms with Crippen molar-refractivity contribution in [3.8, 4) is 0 Å². The molecule has 1 aromatic carbocycles. The normalized spacial score (nSPS) is 14.3. The summed E-state index contributed by atoms with van der Waals surface area (Å²) in [6.07, 6.45) is 4.71. The van der Waals surface area contributed by atoms with Crippen molar-refractivity contribution >= 4 is 33.4 Å². The maximum Gasteiger partial charge on any atom is 0.272 e. The molecule has 1 N–H and O–H groups in total. The molecule has 1 aromatic heterocycles. The topological polar surface area (TPSA) is 62.3 Å². The Balaban J connectivity index is 1.76. The SMILES string of the molecule is O=C(Nc1ccccc1Br)c1ccnc(C(=O)N2CCCCC2)c1. The number of carbonyl (C=O) groups is 2. The van der Waals surface area contributed by atoms with Crippen LogP contribution in [-0.4, -0.2) is 34.8 Å². The quantitative estimate of drug-likeness (QED) is 0.872. The van der Waals surface area contributed by atoms with E-state index in [2.05, 4.69) is 26.2 Å². The Kier molecular flexibility index (Phi) is 5.25. The lowest BCUT2D eigenvalue weighted by Gasteiger charge is -2.26. The Morgan fingerprint density at radius 2 is 1.83 bits per heavy atom. The summed E-state index contributed by atoms with van der Waals surface area (Å²) in [5.74, 6) is -0.373. The standard InChI is InChI=1S/C18H18BrN3O2/c19-14-6-2-3-7-15(14)21-17(23)13-8-9-20-16(12-13)18(24)22-10-4-1-5-11-22/h2-3,6-9,12H,1,4-5,10-11H2,(H,21,23). The van der Waals surface area contributed by atoms with Crippen molar-refractivity contribution in [3.63, 3.8) is 0 Å². The fourth-order valence-corrected chi connectivity index (χ4v) is 3.09. The molecule has 6 heteroatoms. The minimum absolute atomic E-state index is 0.106. The minimum Gasteiger partial charge on any atom is -0.337 e. The molecular weight excluding hydrogens is 370 g/mol. The molecule has 0 atom stereocenters. The van der Waals surface area contributed by atoms with Crippen LogP contribution in [0, 0.1) is 0 Å². The van der Waals surface area contributed by atoms with Crippen molar-refractivity contribution < 1.29 is 9.59 Å². The van der Waals surface area contributed by atoms with Crippen LogP contribution in [0.1, 0.15) is 40.1 Å². The van der Waals surface area contributed by atoms with Gasteiger partial charge in [-0.2, -0.15) is 0 Å². The first-order chi connectivity index (χ1) is 11.6. The molecular formula is C18H18BrN3O2. The number of hydrogen-bond acceptors (Lipinski definition) is 3. The van der Waals surface area contributed by atoms with Crippen molar-refractivity contribution in [2.45, 2.75) is 19.3 Å². The molecule has 1 saturated heterocycles. The number of rotatable bonds is 3. The molecule has 1 aliphatic rings. The van der Waals surface area contributed by atoms with E-state index in [1.54, 1.807) is 17.0 Å². The first-order valence-electron chi connectivity index (χ1n) is 7.96. The van der Waals surface area contributed by atoms with Crippen molar-refractivity contribution in [1.82, 2.24) is 9.88 Å². The van der Waals surface area contributed by atoms with Gasteiger partial charge < -0.3 is 10.2 Å². The van der Waals surface area contributed by atoms with Crippen LogP contribution < -0.4 is 5.32 Å². The monoisotopic (exact) mass is 387 g/mol. The molecule has 0 bridgehead atoms. The third-order valence-electron chi connectivity index (χ3n) is 4.01. The molecule has 2 aromatic rings. The zero-order chi connectivity index (χ0) is 16.9. The molecule has 2 heterocycles. The maximum atomic E-state index is 12.5. The van der Waals surface area contributed by atoms with Gasteiger partial charge in [-0.3, -0.25) is 14.6 Å². The van der Waals surface area contributed by atoms with Crippen molar-refractivity contribution in [3.05, 3.63) is 58.3 Å². The number of aromatic nitrogens is 1. The van der Waals surface area contributed by atoms with E-state index in [4.69, 9.17) is 0 Å². The van der Waals surface area contributed by atoms with E-state index >= 15 is 0 Å². The number of halogens is 1. The Morgan fingerprint density at radius 1 is 1.08 bits per heavy atom. The Labute approximate surface area is 149 Å². The van der Waals surface area contributed by atoms with E-state index in [-0.39, 0.29) is 11.8 Å². The molecule has 0 aliphatic carbocycles. The number of benzene rings is 1. The third kappa shape index (κ3) is 3.82. The van der Waals surface area contributed by atoms with Gasteiger partial charge in [-0.15, -0.1) is 0 Å². The average Bonchev–Trinajstić information content (AvgIpc) is 2.64. The number of hydrogen-bond donors (Lipinski definition) is 1. The van der Waals surface area contributed by atoms with Crippen LogP contribution in [0.3, 0.4) is 0 Å². The van der Waals surface area contributed by atoms with Crippen molar-refractivity contribution in [1.29, 1.82) is 0 Å². The number of carbonyl (C=O) groups excluding carboxylic acids is 2. The van der Waals surface area contributed by atoms with Gasteiger partial charge in [-0.1, -0.05) is 12.1 Å². The van der Waals surface area contributed by atoms with E-state index < -0.39 is 0 Å². The average molecular weight is 388 g/mol. The highest BCUT2D eigenvalue weighted by Crippen LogP contribution is 2.22. The number of pyridine rings is 1. The molecule has 1 fully saturated rings. The van der Waals surface area contributed by atoms with E-state index in [0.717, 1.165) is 36.8 Å². The van der Waals surface area contributed by atoms with Crippen LogP contribution >= 0.6 is 15.9 Å². The summed E-state index contributed by atoms with van der Waals surface area (Å²) in [5, 5.41) is 2.83. The predicted octanol–water partition coefficient (Wildman–Crippen LogP) is 3.72. The first-order valence-corrected chi connectivity index (χ1v) is 8.75. The second kappa shape index (κ2) is 7.57. The molecule has 24 heavy (non-hydrogen) atoms. The molecule has 5 nitrogen and oxygen atoms in total. The van der Waals surface area contributed by atoms with Gasteiger partial charge in [0.25, 0.3) is 11.8 Å². The molecule has 0 saturated carbocycles. The van der Waals surface area contributed by atoms with Gasteiger partial charge in [-0.05, 0) is 59.5 Å². The van der Waals surface area contributed by atoms with Gasteiger partial charge in [0.1, 0.15) is 5.69 Å². The minimum atomic E-state index is -0.267. The zero-order valence-electron chi connectivity index (χ0n) is 13.2. The van der Waals surface area contributed by atoms with Crippen LogP contribution in [0.2, 0.25) is 0 Å². The van der Waals surface area contributed by atoms with E-state index in [0.29, 0.717) is 16.9 Å². The predicted molar refractivity (Wildman–Crippen MR) is 96.1 cm³/mol. The highest BCUT2D eigenvalue weighted by Gasteiger charge is 2.20. The summed E-state index contributed by atoms with van der Waals surface area (Å²) < 4.78 is 0.803. The lowest BCUT2D eigenvalue weighted by atomic mass is 10.1. The molecule has 2 amide bonds. The van der Waals surface area contributed by atoms with Gasteiger partial charge in [0, 0.05) is 29.3 Å². The molecule has 0 spiro atoms. The maximum absolute atomic E-state index is 12.5. The van der Waals surface area contributed by atoms with E-state index in [1.165, 1.54) is 6.20 Å². The number of nitrogens with one attached hydrogen (secondary N) is 1. The molecule has 0 radical (unpaired) electrons. The highest BCUT2D eigenvalue weighted by molar-refractivity contribution is 9.10. The summed E-state index contributed by atoms with van der Waals surface area (Å²) in [6.45, 7) is 1.52. The Morgan fingerprint density at radius 3 is 2.58 bits per heavy atom. The van der Waals surface area contributed by atoms with E-state index in [9.17, 15) is 9.59 Å². The van der Waals surface area contributed by atoms with Gasteiger partial charge in [0.2, 0.25) is 0 Å². The number of amides is 2. The third-order valence-corrected chi connectivity index (χ3v) is 4.70. The zero-order valence-corrected chi connectivity index (χ0v) is 14.8. The summed E-state index contributed by atoms with van der Waals surface area (Å²) >= 11 is 3.40.